The number of quaternary nitrogens is 1. The van der Waals surface area contributed by atoms with Gasteiger partial charge in [-0.1, -0.05) is 13.2 Å². The maximum absolute atomic E-state index is 12.1. The minimum atomic E-state index is -1.31. The van der Waals surface area contributed by atoms with Crippen LogP contribution in [0.2, 0.25) is 0 Å². The fourth-order valence-electron chi connectivity index (χ4n) is 2.34. The van der Waals surface area contributed by atoms with Gasteiger partial charge in [0.25, 0.3) is 0 Å². The van der Waals surface area contributed by atoms with Gasteiger partial charge < -0.3 is 44.0 Å². The first-order chi connectivity index (χ1) is 15.7. The number of amides is 2. The molecule has 2 amide bonds. The summed E-state index contributed by atoms with van der Waals surface area (Å²) >= 11 is 0. The number of carbonyl (C=O) groups is 5. The summed E-state index contributed by atoms with van der Waals surface area (Å²) in [6, 6.07) is 0. The summed E-state index contributed by atoms with van der Waals surface area (Å²) in [4.78, 5) is 57.5. The van der Waals surface area contributed by atoms with E-state index in [0.29, 0.717) is 0 Å². The fourth-order valence-corrected chi connectivity index (χ4v) is 2.34. The molecule has 0 aromatic rings. The second kappa shape index (κ2) is 15.3. The van der Waals surface area contributed by atoms with Crippen molar-refractivity contribution in [1.29, 1.82) is 0 Å². The molecule has 0 aliphatic rings. The second-order valence-corrected chi connectivity index (χ2v) is 7.96. The van der Waals surface area contributed by atoms with E-state index < -0.39 is 36.2 Å². The summed E-state index contributed by atoms with van der Waals surface area (Å²) in [6.07, 6.45) is -2.77. The minimum absolute atomic E-state index is 0.0183. The SMILES string of the molecule is C=C(C)C(=O)OCCNC(=O)OCC(C[N+](C)(C)CC(=O)[O-])OC(=O)NCCOC(=O)C(=C)C. The van der Waals surface area contributed by atoms with Gasteiger partial charge in [0, 0.05) is 11.1 Å². The Labute approximate surface area is 198 Å². The lowest BCUT2D eigenvalue weighted by Crippen LogP contribution is -2.53. The highest BCUT2D eigenvalue weighted by molar-refractivity contribution is 5.87. The summed E-state index contributed by atoms with van der Waals surface area (Å²) in [6.45, 7) is 8.74. The first kappa shape index (κ1) is 30.4. The van der Waals surface area contributed by atoms with Crippen LogP contribution in [-0.2, 0) is 33.3 Å². The Hall–Kier alpha value is -3.61. The van der Waals surface area contributed by atoms with Gasteiger partial charge in [-0.05, 0) is 13.8 Å². The zero-order chi connectivity index (χ0) is 26.3. The van der Waals surface area contributed by atoms with Crippen molar-refractivity contribution in [2.45, 2.75) is 20.0 Å². The first-order valence-corrected chi connectivity index (χ1v) is 10.3. The number of aliphatic carboxylic acids is 1. The summed E-state index contributed by atoms with van der Waals surface area (Å²) in [5.74, 6) is -2.52. The molecule has 0 aromatic heterocycles. The van der Waals surface area contributed by atoms with Crippen LogP contribution in [0, 0.1) is 0 Å². The van der Waals surface area contributed by atoms with Crippen molar-refractivity contribution in [2.24, 2.45) is 0 Å². The molecule has 0 fully saturated rings. The molecule has 192 valence electrons. The number of alkyl carbamates (subject to hydrolysis) is 2. The Morgan fingerprint density at radius 2 is 1.32 bits per heavy atom. The summed E-state index contributed by atoms with van der Waals surface area (Å²) in [5, 5.41) is 15.7. The van der Waals surface area contributed by atoms with Crippen LogP contribution in [0.15, 0.2) is 24.3 Å². The molecule has 0 spiro atoms. The van der Waals surface area contributed by atoms with Gasteiger partial charge in [-0.2, -0.15) is 0 Å². The van der Waals surface area contributed by atoms with Gasteiger partial charge in [-0.3, -0.25) is 0 Å². The Morgan fingerprint density at radius 1 is 0.853 bits per heavy atom. The molecule has 2 N–H and O–H groups in total. The van der Waals surface area contributed by atoms with Crippen LogP contribution in [0.5, 0.6) is 0 Å². The van der Waals surface area contributed by atoms with E-state index in [2.05, 4.69) is 23.8 Å². The molecule has 0 radical (unpaired) electrons. The zero-order valence-electron chi connectivity index (χ0n) is 20.0. The van der Waals surface area contributed by atoms with E-state index in [-0.39, 0.29) is 61.6 Å². The number of rotatable bonds is 15. The lowest BCUT2D eigenvalue weighted by molar-refractivity contribution is -0.887. The second-order valence-electron chi connectivity index (χ2n) is 7.96. The van der Waals surface area contributed by atoms with E-state index >= 15 is 0 Å². The number of likely N-dealkylation sites (N-methyl/N-ethyl adjacent to an activating group) is 1. The zero-order valence-corrected chi connectivity index (χ0v) is 20.0. The van der Waals surface area contributed by atoms with Crippen molar-refractivity contribution >= 4 is 30.1 Å². The number of carboxylic acids is 1. The molecule has 0 saturated carbocycles. The van der Waals surface area contributed by atoms with Crippen LogP contribution in [0.4, 0.5) is 9.59 Å². The number of hydrogen-bond donors (Lipinski definition) is 2. The van der Waals surface area contributed by atoms with Crippen LogP contribution in [-0.4, -0.2) is 101 Å². The third kappa shape index (κ3) is 15.2. The third-order valence-corrected chi connectivity index (χ3v) is 3.84. The van der Waals surface area contributed by atoms with E-state index in [1.54, 1.807) is 14.1 Å². The standard InChI is InChI=1S/C21H33N3O10/c1-14(2)18(27)31-9-7-22-20(29)33-13-16(11-24(5,6)12-17(25)26)34-21(30)23-8-10-32-19(28)15(3)4/h16H,1,3,7-13H2,2,4-6H3,(H2-,22,23,25,26,29,30). The first-order valence-electron chi connectivity index (χ1n) is 10.3. The number of carbonyl (C=O) groups excluding carboxylic acids is 5. The van der Waals surface area contributed by atoms with Gasteiger partial charge in [0.2, 0.25) is 0 Å². The van der Waals surface area contributed by atoms with Gasteiger partial charge in [0.15, 0.2) is 6.10 Å². The highest BCUT2D eigenvalue weighted by Gasteiger charge is 2.27. The predicted molar refractivity (Wildman–Crippen MR) is 116 cm³/mol. The molecule has 0 saturated heterocycles. The van der Waals surface area contributed by atoms with Crippen LogP contribution in [0.1, 0.15) is 13.8 Å². The van der Waals surface area contributed by atoms with Crippen molar-refractivity contribution in [1.82, 2.24) is 10.6 Å². The number of nitrogens with one attached hydrogen (secondary N) is 2. The molecule has 13 heteroatoms. The number of carboxylic acid groups (broad SMARTS) is 1. The molecule has 0 bridgehead atoms. The number of nitrogens with zero attached hydrogens (tertiary/aromatic N) is 1. The van der Waals surface area contributed by atoms with E-state index in [1.807, 2.05) is 0 Å². The number of esters is 2. The van der Waals surface area contributed by atoms with E-state index in [9.17, 15) is 29.1 Å². The Balaban J connectivity index is 4.70. The highest BCUT2D eigenvalue weighted by Crippen LogP contribution is 2.05. The van der Waals surface area contributed by atoms with Crippen molar-refractivity contribution < 1.29 is 52.5 Å². The maximum Gasteiger partial charge on any atom is 0.407 e. The molecular formula is C21H33N3O10. The predicted octanol–water partition coefficient (Wildman–Crippen LogP) is -1.13. The molecule has 13 nitrogen and oxygen atoms in total. The molecule has 0 rings (SSSR count). The molecule has 0 aliphatic carbocycles. The van der Waals surface area contributed by atoms with Crippen LogP contribution in [0.25, 0.3) is 0 Å². The van der Waals surface area contributed by atoms with E-state index in [1.165, 1.54) is 13.8 Å². The van der Waals surface area contributed by atoms with Gasteiger partial charge in [0.05, 0.1) is 33.2 Å². The normalized spacial score (nSPS) is 11.4. The molecule has 0 aromatic carbocycles. The Bertz CT molecular complexity index is 779. The Kier molecular flexibility index (Phi) is 13.6. The van der Waals surface area contributed by atoms with Crippen molar-refractivity contribution in [3.8, 4) is 0 Å². The maximum atomic E-state index is 12.1. The third-order valence-electron chi connectivity index (χ3n) is 3.84. The van der Waals surface area contributed by atoms with Gasteiger partial charge >= 0.3 is 24.1 Å². The van der Waals surface area contributed by atoms with Gasteiger partial charge in [-0.25, -0.2) is 19.2 Å². The molecule has 0 aliphatic heterocycles. The topological polar surface area (TPSA) is 169 Å². The summed E-state index contributed by atoms with van der Waals surface area (Å²) in [7, 11) is 3.13. The van der Waals surface area contributed by atoms with Crippen molar-refractivity contribution in [3.05, 3.63) is 24.3 Å². The van der Waals surface area contributed by atoms with E-state index in [0.717, 1.165) is 0 Å². The molecule has 1 atom stereocenters. The van der Waals surface area contributed by atoms with Crippen LogP contribution >= 0.6 is 0 Å². The van der Waals surface area contributed by atoms with Crippen LogP contribution in [0.3, 0.4) is 0 Å². The molecule has 34 heavy (non-hydrogen) atoms. The number of hydrogen-bond acceptors (Lipinski definition) is 10. The summed E-state index contributed by atoms with van der Waals surface area (Å²) < 4.78 is 19.8. The largest absolute Gasteiger partial charge is 0.544 e. The minimum Gasteiger partial charge on any atom is -0.544 e. The van der Waals surface area contributed by atoms with E-state index in [4.69, 9.17) is 18.9 Å². The highest BCUT2D eigenvalue weighted by atomic mass is 16.6. The quantitative estimate of drug-likeness (QED) is 0.0947. The van der Waals surface area contributed by atoms with Gasteiger partial charge in [0.1, 0.15) is 32.9 Å². The average molecular weight is 488 g/mol. The molecule has 1 unspecified atom stereocenters. The smallest absolute Gasteiger partial charge is 0.407 e. The lowest BCUT2D eigenvalue weighted by Gasteiger charge is -2.33. The Morgan fingerprint density at radius 3 is 1.76 bits per heavy atom. The lowest BCUT2D eigenvalue weighted by atomic mass is 10.3. The molecular weight excluding hydrogens is 454 g/mol. The van der Waals surface area contributed by atoms with Crippen molar-refractivity contribution in [2.75, 3.05) is 60.1 Å². The van der Waals surface area contributed by atoms with Crippen LogP contribution < -0.4 is 15.7 Å². The molecule has 0 heterocycles. The van der Waals surface area contributed by atoms with Crippen molar-refractivity contribution in [3.63, 3.8) is 0 Å². The fraction of sp³-hybridized carbons (Fsp3) is 0.571. The number of ether oxygens (including phenoxy) is 4. The monoisotopic (exact) mass is 487 g/mol. The average Bonchev–Trinajstić information content (AvgIpc) is 2.70. The van der Waals surface area contributed by atoms with Gasteiger partial charge in [-0.15, -0.1) is 0 Å². The summed E-state index contributed by atoms with van der Waals surface area (Å²) in [5.41, 5.74) is 0.423.